The Labute approximate surface area is 230 Å². The highest BCUT2D eigenvalue weighted by Gasteiger charge is 2.35. The normalized spacial score (nSPS) is 15.0. The smallest absolute Gasteiger partial charge is 0.416 e. The maximum absolute atomic E-state index is 13.3. The van der Waals surface area contributed by atoms with Crippen LogP contribution >= 0.6 is 23.8 Å². The summed E-state index contributed by atoms with van der Waals surface area (Å²) in [5.74, 6) is 0.0270. The number of para-hydroxylation sites is 1. The summed E-state index contributed by atoms with van der Waals surface area (Å²) in [5, 5.41) is 2.21. The zero-order chi connectivity index (χ0) is 27.7. The van der Waals surface area contributed by atoms with E-state index in [9.17, 15) is 22.8 Å². The van der Waals surface area contributed by atoms with Gasteiger partial charge in [0.25, 0.3) is 11.8 Å². The summed E-state index contributed by atoms with van der Waals surface area (Å²) in [4.78, 5) is 27.1. The monoisotopic (exact) mass is 568 g/mol. The van der Waals surface area contributed by atoms with E-state index in [0.717, 1.165) is 17.0 Å². The van der Waals surface area contributed by atoms with Gasteiger partial charge in [0.15, 0.2) is 5.11 Å². The van der Waals surface area contributed by atoms with Crippen LogP contribution in [0.3, 0.4) is 0 Å². The van der Waals surface area contributed by atoms with Gasteiger partial charge in [0, 0.05) is 5.56 Å². The summed E-state index contributed by atoms with van der Waals surface area (Å²) in [6.07, 6.45) is -3.32. The standard InChI is InChI=1S/C28H16ClF3N2O4S/c29-23-14-16(28(30,31)32)6-12-21(23)24-13-11-20(38-24)15-22-25(35)33-27(39)34(26(22)36)17-7-9-19(10-8-17)37-18-4-2-1-3-5-18/h1-15H,(H,33,35,39)/b22-15+. The first kappa shape index (κ1) is 26.2. The number of halogens is 4. The number of thiocarbonyl (C=S) groups is 1. The van der Waals surface area contributed by atoms with Crippen LogP contribution in [-0.2, 0) is 15.8 Å². The second-order valence-corrected chi connectivity index (χ2v) is 9.06. The van der Waals surface area contributed by atoms with Gasteiger partial charge in [-0.1, -0.05) is 29.8 Å². The van der Waals surface area contributed by atoms with Gasteiger partial charge in [-0.25, -0.2) is 0 Å². The van der Waals surface area contributed by atoms with Gasteiger partial charge in [-0.2, -0.15) is 13.2 Å². The SMILES string of the molecule is O=C1NC(=S)N(c2ccc(Oc3ccccc3)cc2)C(=O)/C1=C/c1ccc(-c2ccc(C(F)(F)F)cc2Cl)o1. The van der Waals surface area contributed by atoms with Crippen LogP contribution in [0.15, 0.2) is 94.9 Å². The molecule has 1 fully saturated rings. The molecule has 0 atom stereocenters. The molecule has 1 saturated heterocycles. The van der Waals surface area contributed by atoms with E-state index in [1.165, 1.54) is 24.3 Å². The van der Waals surface area contributed by atoms with Gasteiger partial charge in [-0.15, -0.1) is 0 Å². The molecule has 0 aliphatic carbocycles. The lowest BCUT2D eigenvalue weighted by Gasteiger charge is -2.28. The first-order chi connectivity index (χ1) is 18.6. The number of furan rings is 1. The Morgan fingerprint density at radius 2 is 1.62 bits per heavy atom. The third-order valence-corrected chi connectivity index (χ3v) is 6.25. The van der Waals surface area contributed by atoms with Crippen LogP contribution in [-0.4, -0.2) is 16.9 Å². The molecule has 0 unspecified atom stereocenters. The van der Waals surface area contributed by atoms with Gasteiger partial charge < -0.3 is 9.15 Å². The van der Waals surface area contributed by atoms with Crippen LogP contribution in [0.5, 0.6) is 11.5 Å². The van der Waals surface area contributed by atoms with E-state index >= 15 is 0 Å². The minimum atomic E-state index is -4.54. The van der Waals surface area contributed by atoms with Crippen LogP contribution in [0.25, 0.3) is 17.4 Å². The van der Waals surface area contributed by atoms with Crippen molar-refractivity contribution in [1.29, 1.82) is 0 Å². The summed E-state index contributed by atoms with van der Waals surface area (Å²) in [6.45, 7) is 0. The third-order valence-electron chi connectivity index (χ3n) is 5.65. The summed E-state index contributed by atoms with van der Waals surface area (Å²) < 4.78 is 50.3. The number of hydrogen-bond acceptors (Lipinski definition) is 5. The third kappa shape index (κ3) is 5.57. The first-order valence-corrected chi connectivity index (χ1v) is 12.1. The number of nitrogens with zero attached hydrogens (tertiary/aromatic N) is 1. The highest BCUT2D eigenvalue weighted by Crippen LogP contribution is 2.36. The number of carbonyl (C=O) groups is 2. The number of benzene rings is 3. The number of hydrogen-bond donors (Lipinski definition) is 1. The van der Waals surface area contributed by atoms with Crippen LogP contribution in [0.2, 0.25) is 5.02 Å². The van der Waals surface area contributed by atoms with Crippen molar-refractivity contribution in [2.75, 3.05) is 4.90 Å². The summed E-state index contributed by atoms with van der Waals surface area (Å²) in [7, 11) is 0. The van der Waals surface area contributed by atoms with E-state index in [0.29, 0.717) is 17.2 Å². The topological polar surface area (TPSA) is 71.8 Å². The molecular formula is C28H16ClF3N2O4S. The zero-order valence-corrected chi connectivity index (χ0v) is 21.2. The van der Waals surface area contributed by atoms with Crippen molar-refractivity contribution in [2.24, 2.45) is 0 Å². The molecule has 1 aliphatic heterocycles. The fourth-order valence-corrected chi connectivity index (χ4v) is 4.34. The van der Waals surface area contributed by atoms with Crippen LogP contribution in [0.1, 0.15) is 11.3 Å². The molecule has 6 nitrogen and oxygen atoms in total. The van der Waals surface area contributed by atoms with Crippen molar-refractivity contribution in [3.63, 3.8) is 0 Å². The van der Waals surface area contributed by atoms with E-state index in [-0.39, 0.29) is 32.8 Å². The maximum atomic E-state index is 13.3. The van der Waals surface area contributed by atoms with Crippen LogP contribution < -0.4 is 15.0 Å². The van der Waals surface area contributed by atoms with Gasteiger partial charge in [-0.3, -0.25) is 19.8 Å². The summed E-state index contributed by atoms with van der Waals surface area (Å²) >= 11 is 11.3. The molecule has 11 heteroatoms. The van der Waals surface area contributed by atoms with E-state index in [4.69, 9.17) is 33.0 Å². The number of anilines is 1. The van der Waals surface area contributed by atoms with Gasteiger partial charge in [0.05, 0.1) is 16.3 Å². The zero-order valence-electron chi connectivity index (χ0n) is 19.7. The molecule has 2 heterocycles. The Balaban J connectivity index is 1.38. The number of rotatable bonds is 5. The Morgan fingerprint density at radius 3 is 2.28 bits per heavy atom. The van der Waals surface area contributed by atoms with Crippen LogP contribution in [0, 0.1) is 0 Å². The van der Waals surface area contributed by atoms with E-state index in [1.54, 1.807) is 36.4 Å². The Kier molecular flexibility index (Phi) is 6.98. The van der Waals surface area contributed by atoms with E-state index in [1.807, 2.05) is 18.2 Å². The molecule has 0 radical (unpaired) electrons. The molecule has 3 aromatic carbocycles. The lowest BCUT2D eigenvalue weighted by Crippen LogP contribution is -2.54. The minimum absolute atomic E-state index is 0.101. The second kappa shape index (κ2) is 10.4. The largest absolute Gasteiger partial charge is 0.457 e. The Morgan fingerprint density at radius 1 is 0.923 bits per heavy atom. The van der Waals surface area contributed by atoms with Crippen molar-refractivity contribution in [3.8, 4) is 22.8 Å². The van der Waals surface area contributed by atoms with Crippen molar-refractivity contribution in [1.82, 2.24) is 5.32 Å². The number of nitrogens with one attached hydrogen (secondary N) is 1. The average Bonchev–Trinajstić information content (AvgIpc) is 3.36. The molecule has 1 N–H and O–H groups in total. The summed E-state index contributed by atoms with van der Waals surface area (Å²) in [6, 6.07) is 21.5. The quantitative estimate of drug-likeness (QED) is 0.156. The Bertz CT molecular complexity index is 1620. The highest BCUT2D eigenvalue weighted by atomic mass is 35.5. The molecule has 0 spiro atoms. The lowest BCUT2D eigenvalue weighted by atomic mass is 10.1. The molecule has 4 aromatic rings. The molecule has 5 rings (SSSR count). The van der Waals surface area contributed by atoms with Gasteiger partial charge in [0.2, 0.25) is 0 Å². The minimum Gasteiger partial charge on any atom is -0.457 e. The predicted octanol–water partition coefficient (Wildman–Crippen LogP) is 7.24. The van der Waals surface area contributed by atoms with E-state index in [2.05, 4.69) is 5.32 Å². The van der Waals surface area contributed by atoms with Crippen molar-refractivity contribution >= 4 is 52.5 Å². The average molecular weight is 569 g/mol. The predicted molar refractivity (Wildman–Crippen MR) is 143 cm³/mol. The van der Waals surface area contributed by atoms with Crippen LogP contribution in [0.4, 0.5) is 18.9 Å². The molecule has 1 aliphatic rings. The van der Waals surface area contributed by atoms with Gasteiger partial charge in [0.1, 0.15) is 28.6 Å². The molecule has 1 aromatic heterocycles. The van der Waals surface area contributed by atoms with Crippen molar-refractivity contribution in [3.05, 3.63) is 107 Å². The number of ether oxygens (including phenoxy) is 1. The van der Waals surface area contributed by atoms with Crippen molar-refractivity contribution in [2.45, 2.75) is 6.18 Å². The maximum Gasteiger partial charge on any atom is 0.416 e. The van der Waals surface area contributed by atoms with E-state index < -0.39 is 23.6 Å². The lowest BCUT2D eigenvalue weighted by molar-refractivity contribution is -0.137. The van der Waals surface area contributed by atoms with Gasteiger partial charge in [-0.05, 0) is 85.0 Å². The van der Waals surface area contributed by atoms with Gasteiger partial charge >= 0.3 is 6.18 Å². The molecule has 0 bridgehead atoms. The molecular weight excluding hydrogens is 553 g/mol. The molecule has 196 valence electrons. The molecule has 2 amide bonds. The Hall–Kier alpha value is -4.41. The highest BCUT2D eigenvalue weighted by molar-refractivity contribution is 7.80. The number of amides is 2. The fourth-order valence-electron chi connectivity index (χ4n) is 3.79. The first-order valence-electron chi connectivity index (χ1n) is 11.3. The summed E-state index contributed by atoms with van der Waals surface area (Å²) in [5.41, 5.74) is -0.541. The number of alkyl halides is 3. The molecule has 0 saturated carbocycles. The fraction of sp³-hybridized carbons (Fsp3) is 0.0357. The second-order valence-electron chi connectivity index (χ2n) is 8.26. The number of carbonyl (C=O) groups excluding carboxylic acids is 2. The molecule has 39 heavy (non-hydrogen) atoms. The van der Waals surface area contributed by atoms with Crippen molar-refractivity contribution < 1.29 is 31.9 Å².